The molecule has 0 aliphatic carbocycles. The van der Waals surface area contributed by atoms with Crippen LogP contribution in [0.4, 0.5) is 0 Å². The predicted octanol–water partition coefficient (Wildman–Crippen LogP) is 2.21. The number of hydrogen-bond acceptors (Lipinski definition) is 1. The average molecular weight is 230 g/mol. The van der Waals surface area contributed by atoms with E-state index in [0.29, 0.717) is 23.0 Å². The third kappa shape index (κ3) is 1.72. The molecule has 0 saturated carbocycles. The molecule has 0 saturated heterocycles. The van der Waals surface area contributed by atoms with Gasteiger partial charge in [0.25, 0.3) is 0 Å². The number of carbonyl (C=O) groups is 1. The van der Waals surface area contributed by atoms with Gasteiger partial charge in [-0.1, -0.05) is 29.3 Å². The normalized spacial score (nSPS) is 15.7. The van der Waals surface area contributed by atoms with Crippen LogP contribution in [0.25, 0.3) is 0 Å². The molecule has 74 valence electrons. The van der Waals surface area contributed by atoms with E-state index < -0.39 is 0 Å². The van der Waals surface area contributed by atoms with Gasteiger partial charge >= 0.3 is 0 Å². The van der Waals surface area contributed by atoms with Gasteiger partial charge in [0, 0.05) is 6.54 Å². The lowest BCUT2D eigenvalue weighted by Gasteiger charge is -2.07. The zero-order chi connectivity index (χ0) is 10.1. The highest BCUT2D eigenvalue weighted by atomic mass is 35.5. The van der Waals surface area contributed by atoms with Crippen molar-refractivity contribution in [2.45, 2.75) is 12.8 Å². The van der Waals surface area contributed by atoms with Gasteiger partial charge in [-0.25, -0.2) is 0 Å². The molecule has 1 aliphatic rings. The van der Waals surface area contributed by atoms with E-state index in [0.717, 1.165) is 17.5 Å². The minimum Gasteiger partial charge on any atom is -0.355 e. The van der Waals surface area contributed by atoms with Crippen molar-refractivity contribution in [1.82, 2.24) is 5.32 Å². The highest BCUT2D eigenvalue weighted by molar-refractivity contribution is 6.42. The summed E-state index contributed by atoms with van der Waals surface area (Å²) in [5.74, 6) is 0.0436. The zero-order valence-corrected chi connectivity index (χ0v) is 8.95. The number of carbonyl (C=O) groups excluding carboxylic acids is 1. The van der Waals surface area contributed by atoms with Gasteiger partial charge in [-0.3, -0.25) is 4.79 Å². The van der Waals surface area contributed by atoms with E-state index in [4.69, 9.17) is 23.2 Å². The summed E-state index contributed by atoms with van der Waals surface area (Å²) in [5, 5.41) is 3.94. The van der Waals surface area contributed by atoms with Crippen molar-refractivity contribution < 1.29 is 4.79 Å². The fourth-order valence-electron chi connectivity index (χ4n) is 1.63. The Hall–Kier alpha value is -0.730. The molecule has 0 fully saturated rings. The lowest BCUT2D eigenvalue weighted by molar-refractivity contribution is -0.120. The zero-order valence-electron chi connectivity index (χ0n) is 7.44. The minimum absolute atomic E-state index is 0.0436. The minimum atomic E-state index is 0.0436. The van der Waals surface area contributed by atoms with Gasteiger partial charge in [0.15, 0.2) is 0 Å². The van der Waals surface area contributed by atoms with E-state index in [9.17, 15) is 4.79 Å². The first-order chi connectivity index (χ1) is 6.68. The molecular weight excluding hydrogens is 221 g/mol. The Labute approximate surface area is 92.2 Å². The van der Waals surface area contributed by atoms with E-state index in [1.165, 1.54) is 0 Å². The molecule has 4 heteroatoms. The monoisotopic (exact) mass is 229 g/mol. The van der Waals surface area contributed by atoms with Crippen LogP contribution in [-0.4, -0.2) is 12.5 Å². The molecule has 1 aromatic carbocycles. The Balaban J connectivity index is 2.50. The van der Waals surface area contributed by atoms with Crippen molar-refractivity contribution in [3.8, 4) is 0 Å². The summed E-state index contributed by atoms with van der Waals surface area (Å²) >= 11 is 12.0. The summed E-state index contributed by atoms with van der Waals surface area (Å²) in [6.07, 6.45) is 1.15. The Morgan fingerprint density at radius 3 is 2.86 bits per heavy atom. The Morgan fingerprint density at radius 2 is 2.07 bits per heavy atom. The maximum atomic E-state index is 11.3. The Bertz CT molecular complexity index is 390. The molecule has 0 unspecified atom stereocenters. The van der Waals surface area contributed by atoms with Gasteiger partial charge < -0.3 is 5.32 Å². The van der Waals surface area contributed by atoms with E-state index in [-0.39, 0.29) is 5.91 Å². The molecule has 0 radical (unpaired) electrons. The highest BCUT2D eigenvalue weighted by Gasteiger charge is 2.16. The fourth-order valence-corrected chi connectivity index (χ4v) is 2.09. The molecule has 2 rings (SSSR count). The molecule has 1 aliphatic heterocycles. The van der Waals surface area contributed by atoms with Crippen molar-refractivity contribution in [2.24, 2.45) is 0 Å². The molecule has 0 aromatic heterocycles. The molecule has 1 N–H and O–H groups in total. The molecule has 1 heterocycles. The van der Waals surface area contributed by atoms with Gasteiger partial charge in [0.05, 0.1) is 16.5 Å². The molecule has 0 bridgehead atoms. The molecule has 14 heavy (non-hydrogen) atoms. The average Bonchev–Trinajstić information content (AvgIpc) is 2.34. The van der Waals surface area contributed by atoms with Crippen LogP contribution in [0.3, 0.4) is 0 Å². The molecule has 0 atom stereocenters. The number of hydrogen-bond donors (Lipinski definition) is 1. The molecule has 1 amide bonds. The number of rotatable bonds is 0. The van der Waals surface area contributed by atoms with Crippen LogP contribution in [0.15, 0.2) is 12.1 Å². The van der Waals surface area contributed by atoms with Gasteiger partial charge in [-0.15, -0.1) is 0 Å². The van der Waals surface area contributed by atoms with Crippen LogP contribution in [0.1, 0.15) is 11.1 Å². The molecule has 0 spiro atoms. The van der Waals surface area contributed by atoms with Crippen LogP contribution in [-0.2, 0) is 17.6 Å². The second-order valence-corrected chi connectivity index (χ2v) is 4.06. The van der Waals surface area contributed by atoms with Crippen LogP contribution >= 0.6 is 23.2 Å². The first kappa shape index (κ1) is 9.81. The highest BCUT2D eigenvalue weighted by Crippen LogP contribution is 2.29. The first-order valence-electron chi connectivity index (χ1n) is 4.41. The van der Waals surface area contributed by atoms with Crippen molar-refractivity contribution in [1.29, 1.82) is 0 Å². The molecule has 1 aromatic rings. The topological polar surface area (TPSA) is 29.1 Å². The second-order valence-electron chi connectivity index (χ2n) is 3.28. The molecular formula is C10H9Cl2NO. The third-order valence-electron chi connectivity index (χ3n) is 2.34. The summed E-state index contributed by atoms with van der Waals surface area (Å²) in [7, 11) is 0. The second kappa shape index (κ2) is 3.79. The number of benzene rings is 1. The SMILES string of the molecule is O=C1Cc2ccc(Cl)c(Cl)c2CCN1. The largest absolute Gasteiger partial charge is 0.355 e. The van der Waals surface area contributed by atoms with E-state index in [1.807, 2.05) is 6.07 Å². The summed E-state index contributed by atoms with van der Waals surface area (Å²) in [4.78, 5) is 11.3. The molecule has 2 nitrogen and oxygen atoms in total. The third-order valence-corrected chi connectivity index (χ3v) is 3.18. The number of halogens is 2. The van der Waals surface area contributed by atoms with E-state index in [1.54, 1.807) is 6.07 Å². The lowest BCUT2D eigenvalue weighted by atomic mass is 10.0. The van der Waals surface area contributed by atoms with Gasteiger partial charge in [0.2, 0.25) is 5.91 Å². The first-order valence-corrected chi connectivity index (χ1v) is 5.16. The van der Waals surface area contributed by atoms with Crippen LogP contribution < -0.4 is 5.32 Å². The summed E-state index contributed by atoms with van der Waals surface area (Å²) in [6.45, 7) is 0.631. The number of nitrogens with one attached hydrogen (secondary N) is 1. The lowest BCUT2D eigenvalue weighted by Crippen LogP contribution is -2.24. The van der Waals surface area contributed by atoms with Crippen molar-refractivity contribution in [3.63, 3.8) is 0 Å². The van der Waals surface area contributed by atoms with Gasteiger partial charge in [0.1, 0.15) is 0 Å². The van der Waals surface area contributed by atoms with Crippen molar-refractivity contribution in [3.05, 3.63) is 33.3 Å². The maximum Gasteiger partial charge on any atom is 0.224 e. The quantitative estimate of drug-likeness (QED) is 0.727. The van der Waals surface area contributed by atoms with E-state index in [2.05, 4.69) is 5.32 Å². The number of amides is 1. The predicted molar refractivity (Wildman–Crippen MR) is 56.9 cm³/mol. The Morgan fingerprint density at radius 1 is 1.29 bits per heavy atom. The maximum absolute atomic E-state index is 11.3. The standard InChI is InChI=1S/C10H9Cl2NO/c11-8-2-1-6-5-9(14)13-4-3-7(6)10(8)12/h1-2H,3-5H2,(H,13,14). The van der Waals surface area contributed by atoms with Crippen LogP contribution in [0.5, 0.6) is 0 Å². The van der Waals surface area contributed by atoms with Crippen molar-refractivity contribution >= 4 is 29.1 Å². The van der Waals surface area contributed by atoms with Crippen molar-refractivity contribution in [2.75, 3.05) is 6.54 Å². The van der Waals surface area contributed by atoms with Gasteiger partial charge in [-0.2, -0.15) is 0 Å². The Kier molecular flexibility index (Phi) is 2.66. The summed E-state index contributed by atoms with van der Waals surface area (Å²) in [6, 6.07) is 3.61. The van der Waals surface area contributed by atoms with Crippen LogP contribution in [0.2, 0.25) is 10.0 Å². The van der Waals surface area contributed by atoms with E-state index >= 15 is 0 Å². The number of fused-ring (bicyclic) bond motifs is 1. The summed E-state index contributed by atoms with van der Waals surface area (Å²) < 4.78 is 0. The smallest absolute Gasteiger partial charge is 0.224 e. The van der Waals surface area contributed by atoms with Crippen LogP contribution in [0, 0.1) is 0 Å². The fraction of sp³-hybridized carbons (Fsp3) is 0.300. The van der Waals surface area contributed by atoms with Gasteiger partial charge in [-0.05, 0) is 23.6 Å². The summed E-state index contributed by atoms with van der Waals surface area (Å²) in [5.41, 5.74) is 1.98.